The van der Waals surface area contributed by atoms with Gasteiger partial charge in [-0.1, -0.05) is 188 Å². The lowest BCUT2D eigenvalue weighted by molar-refractivity contribution is -0.179. The first kappa shape index (κ1) is 54.8. The van der Waals surface area contributed by atoms with Gasteiger partial charge in [-0.05, 0) is 78.4 Å². The summed E-state index contributed by atoms with van der Waals surface area (Å²) in [5.74, 6) is -4.46. The Morgan fingerprint density at radius 3 is 1.29 bits per heavy atom. The summed E-state index contributed by atoms with van der Waals surface area (Å²) in [4.78, 5) is 30.9. The fourth-order valence-corrected chi connectivity index (χ4v) is 8.04. The maximum atomic E-state index is 15.1. The third-order valence-electron chi connectivity index (χ3n) is 11.8. The molecule has 0 N–H and O–H groups in total. The quantitative estimate of drug-likeness (QED) is 0.0455. The summed E-state index contributed by atoms with van der Waals surface area (Å²) in [5, 5.41) is 0. The molecule has 0 aromatic heterocycles. The molecule has 5 nitrogen and oxygen atoms in total. The van der Waals surface area contributed by atoms with Crippen LogP contribution in [-0.4, -0.2) is 66.9 Å². The first-order valence-corrected chi connectivity index (χ1v) is 24.7. The van der Waals surface area contributed by atoms with Crippen LogP contribution in [0.5, 0.6) is 0 Å². The van der Waals surface area contributed by atoms with Gasteiger partial charge in [0, 0.05) is 25.4 Å². The van der Waals surface area contributed by atoms with Crippen LogP contribution in [0.2, 0.25) is 0 Å². The molecule has 0 heterocycles. The number of carbonyl (C=O) groups excluding carboxylic acids is 2. The van der Waals surface area contributed by atoms with Crippen LogP contribution in [0.1, 0.15) is 259 Å². The molecule has 1 amide bonds. The molecule has 0 radical (unpaired) electrons. The number of carbonyl (C=O) groups is 2. The maximum Gasteiger partial charge on any atom is 0.377 e. The number of hydrogen-bond acceptors (Lipinski definition) is 4. The van der Waals surface area contributed by atoms with E-state index in [4.69, 9.17) is 4.74 Å². The van der Waals surface area contributed by atoms with E-state index in [1.807, 2.05) is 0 Å². The lowest BCUT2D eigenvalue weighted by Gasteiger charge is -2.33. The van der Waals surface area contributed by atoms with Crippen LogP contribution in [-0.2, 0) is 14.3 Å². The molecule has 56 heavy (non-hydrogen) atoms. The molecular weight excluding hydrogens is 703 g/mol. The predicted molar refractivity (Wildman–Crippen MR) is 238 cm³/mol. The molecule has 0 aliphatic heterocycles. The van der Waals surface area contributed by atoms with Gasteiger partial charge in [0.1, 0.15) is 6.10 Å². The van der Waals surface area contributed by atoms with Crippen LogP contribution in [0, 0.1) is 0 Å². The number of alkyl halides is 2. The molecule has 0 bridgehead atoms. The monoisotopic (exact) mass is 799 g/mol. The number of halogens is 2. The van der Waals surface area contributed by atoms with Crippen molar-refractivity contribution in [2.24, 2.45) is 0 Å². The van der Waals surface area contributed by atoms with E-state index in [2.05, 4.69) is 51.6 Å². The van der Waals surface area contributed by atoms with Gasteiger partial charge in [0.05, 0.1) is 0 Å². The molecule has 0 saturated carbocycles. The summed E-state index contributed by atoms with van der Waals surface area (Å²) < 4.78 is 35.8. The van der Waals surface area contributed by atoms with Crippen LogP contribution in [0.15, 0.2) is 0 Å². The van der Waals surface area contributed by atoms with Crippen molar-refractivity contribution in [3.8, 4) is 0 Å². The number of unbranched alkanes of at least 4 members (excludes halogenated alkanes) is 24. The van der Waals surface area contributed by atoms with E-state index in [0.717, 1.165) is 109 Å². The average molecular weight is 799 g/mol. The van der Waals surface area contributed by atoms with Gasteiger partial charge < -0.3 is 14.5 Å². The molecule has 334 valence electrons. The fraction of sp³-hybridized carbons (Fsp3) is 0.959. The fourth-order valence-electron chi connectivity index (χ4n) is 8.04. The van der Waals surface area contributed by atoms with Gasteiger partial charge in [-0.25, -0.2) is 4.79 Å². The Morgan fingerprint density at radius 1 is 0.482 bits per heavy atom. The first-order valence-electron chi connectivity index (χ1n) is 24.7. The van der Waals surface area contributed by atoms with Gasteiger partial charge >= 0.3 is 11.9 Å². The number of ether oxygens (including phenoxy) is 1. The summed E-state index contributed by atoms with van der Waals surface area (Å²) in [7, 11) is 4.13. The minimum atomic E-state index is -3.44. The Kier molecular flexibility index (Phi) is 38.4. The van der Waals surface area contributed by atoms with Gasteiger partial charge in [-0.3, -0.25) is 4.79 Å². The van der Waals surface area contributed by atoms with Crippen molar-refractivity contribution in [3.63, 3.8) is 0 Å². The zero-order valence-corrected chi connectivity index (χ0v) is 38.4. The summed E-state index contributed by atoms with van der Waals surface area (Å²) in [6.45, 7) is 10.6. The van der Waals surface area contributed by atoms with E-state index in [0.29, 0.717) is 38.0 Å². The SMILES string of the molecule is CCCCCCCCCCN(C(=O)CCCN(C)C)C(CCCCCCCCC)CCCCCCC(F)(F)C(=O)OC(CCCCCCC)CCCCCCC. The normalized spacial score (nSPS) is 12.5. The van der Waals surface area contributed by atoms with E-state index in [-0.39, 0.29) is 6.04 Å². The van der Waals surface area contributed by atoms with Crippen LogP contribution >= 0.6 is 0 Å². The van der Waals surface area contributed by atoms with Crippen molar-refractivity contribution in [1.82, 2.24) is 9.80 Å². The third-order valence-corrected chi connectivity index (χ3v) is 11.8. The maximum absolute atomic E-state index is 15.1. The van der Waals surface area contributed by atoms with Gasteiger partial charge in [0.2, 0.25) is 5.91 Å². The summed E-state index contributed by atoms with van der Waals surface area (Å²) in [6.07, 6.45) is 36.5. The smallest absolute Gasteiger partial charge is 0.377 e. The minimum Gasteiger partial charge on any atom is -0.458 e. The van der Waals surface area contributed by atoms with Crippen molar-refractivity contribution in [2.45, 2.75) is 277 Å². The minimum absolute atomic E-state index is 0.222. The highest BCUT2D eigenvalue weighted by Gasteiger charge is 2.41. The molecule has 0 aliphatic carbocycles. The standard InChI is InChI=1S/C49H96F2N2O3/c1-7-11-15-19-21-23-29-35-44-53(47(54)41-36-43-52(5)6)45(37-30-26-22-20-16-12-8-2)38-31-27-28-34-42-49(50,51)48(55)56-46(39-32-24-17-13-9-3)40-33-25-18-14-10-4/h45-46H,7-44H2,1-6H3. The largest absolute Gasteiger partial charge is 0.458 e. The molecule has 1 unspecified atom stereocenters. The Morgan fingerprint density at radius 2 is 0.857 bits per heavy atom. The molecule has 1 atom stereocenters. The van der Waals surface area contributed by atoms with Gasteiger partial charge in [-0.15, -0.1) is 0 Å². The van der Waals surface area contributed by atoms with Crippen LogP contribution in [0.25, 0.3) is 0 Å². The Hall–Kier alpha value is -1.24. The van der Waals surface area contributed by atoms with E-state index in [1.54, 1.807) is 0 Å². The number of esters is 1. The van der Waals surface area contributed by atoms with Gasteiger partial charge in [-0.2, -0.15) is 8.78 Å². The molecule has 0 aromatic carbocycles. The van der Waals surface area contributed by atoms with Crippen LogP contribution in [0.4, 0.5) is 8.78 Å². The van der Waals surface area contributed by atoms with Crippen molar-refractivity contribution < 1.29 is 23.1 Å². The second-order valence-corrected chi connectivity index (χ2v) is 17.6. The Labute approximate surface area is 348 Å². The highest BCUT2D eigenvalue weighted by molar-refractivity contribution is 5.77. The molecule has 0 saturated heterocycles. The molecule has 0 fully saturated rings. The van der Waals surface area contributed by atoms with E-state index in [1.165, 1.54) is 96.3 Å². The van der Waals surface area contributed by atoms with Crippen LogP contribution in [0.3, 0.4) is 0 Å². The summed E-state index contributed by atoms with van der Waals surface area (Å²) in [6, 6.07) is 0.222. The van der Waals surface area contributed by atoms with Crippen LogP contribution < -0.4 is 0 Å². The molecule has 7 heteroatoms. The third kappa shape index (κ3) is 32.7. The Balaban J connectivity index is 5.25. The van der Waals surface area contributed by atoms with Crippen molar-refractivity contribution in [3.05, 3.63) is 0 Å². The zero-order chi connectivity index (χ0) is 41.5. The topological polar surface area (TPSA) is 49.9 Å². The second-order valence-electron chi connectivity index (χ2n) is 17.6. The summed E-state index contributed by atoms with van der Waals surface area (Å²) in [5.41, 5.74) is 0. The molecule has 0 spiro atoms. The zero-order valence-electron chi connectivity index (χ0n) is 38.4. The molecular formula is C49H96F2N2O3. The van der Waals surface area contributed by atoms with Gasteiger partial charge in [0.25, 0.3) is 0 Å². The first-order chi connectivity index (χ1) is 27.1. The lowest BCUT2D eigenvalue weighted by Crippen LogP contribution is -2.41. The predicted octanol–water partition coefficient (Wildman–Crippen LogP) is 15.4. The van der Waals surface area contributed by atoms with Crippen molar-refractivity contribution >= 4 is 11.9 Å². The van der Waals surface area contributed by atoms with Gasteiger partial charge in [0.15, 0.2) is 0 Å². The number of rotatable bonds is 43. The lowest BCUT2D eigenvalue weighted by atomic mass is 9.97. The number of amides is 1. The van der Waals surface area contributed by atoms with Crippen molar-refractivity contribution in [2.75, 3.05) is 27.2 Å². The average Bonchev–Trinajstić information content (AvgIpc) is 3.17. The second kappa shape index (κ2) is 39.2. The van der Waals surface area contributed by atoms with Crippen molar-refractivity contribution in [1.29, 1.82) is 0 Å². The molecule has 0 aliphatic rings. The van der Waals surface area contributed by atoms with E-state index in [9.17, 15) is 9.59 Å². The Bertz CT molecular complexity index is 856. The molecule has 0 aromatic rings. The number of hydrogen-bond donors (Lipinski definition) is 0. The molecule has 0 rings (SSSR count). The number of nitrogens with zero attached hydrogens (tertiary/aromatic N) is 2. The summed E-state index contributed by atoms with van der Waals surface area (Å²) >= 11 is 0. The highest BCUT2D eigenvalue weighted by Crippen LogP contribution is 2.28. The van der Waals surface area contributed by atoms with E-state index >= 15 is 8.78 Å². The highest BCUT2D eigenvalue weighted by atomic mass is 19.3. The van der Waals surface area contributed by atoms with E-state index < -0.39 is 24.4 Å².